The maximum atomic E-state index is 12.2. The molecule has 1 aromatic heterocycles. The van der Waals surface area contributed by atoms with Gasteiger partial charge in [0, 0.05) is 45.6 Å². The summed E-state index contributed by atoms with van der Waals surface area (Å²) in [7, 11) is -1.80. The van der Waals surface area contributed by atoms with Crippen LogP contribution in [0.5, 0.6) is 0 Å². The smallest absolute Gasteiger partial charge is 0.282 e. The molecule has 0 bridgehead atoms. The molecular formula is C9H17N5O2S. The molecule has 0 radical (unpaired) electrons. The normalized spacial score (nSPS) is 18.7. The van der Waals surface area contributed by atoms with Crippen molar-refractivity contribution in [3.05, 3.63) is 18.2 Å². The van der Waals surface area contributed by atoms with Crippen LogP contribution in [0.3, 0.4) is 0 Å². The van der Waals surface area contributed by atoms with Gasteiger partial charge in [0.15, 0.2) is 0 Å². The lowest BCUT2D eigenvalue weighted by Crippen LogP contribution is -2.50. The van der Waals surface area contributed by atoms with Crippen LogP contribution in [0.1, 0.15) is 5.82 Å². The molecular weight excluding hydrogens is 242 g/mol. The van der Waals surface area contributed by atoms with E-state index in [-0.39, 0.29) is 6.54 Å². The second-order valence-electron chi connectivity index (χ2n) is 3.95. The van der Waals surface area contributed by atoms with E-state index in [2.05, 4.69) is 15.3 Å². The largest absolute Gasteiger partial charge is 0.347 e. The SMILES string of the molecule is CN(Cc1ncc[nH]1)S(=O)(=O)N1CCNCC1. The predicted molar refractivity (Wildman–Crippen MR) is 63.4 cm³/mol. The van der Waals surface area contributed by atoms with E-state index in [1.807, 2.05) is 0 Å². The van der Waals surface area contributed by atoms with Gasteiger partial charge in [-0.2, -0.15) is 17.0 Å². The molecule has 17 heavy (non-hydrogen) atoms. The number of aromatic amines is 1. The summed E-state index contributed by atoms with van der Waals surface area (Å²) in [4.78, 5) is 6.92. The molecule has 1 aliphatic rings. The summed E-state index contributed by atoms with van der Waals surface area (Å²) in [5, 5.41) is 3.13. The Balaban J connectivity index is 2.03. The van der Waals surface area contributed by atoms with Crippen molar-refractivity contribution in [3.8, 4) is 0 Å². The average molecular weight is 259 g/mol. The first-order chi connectivity index (χ1) is 8.10. The summed E-state index contributed by atoms with van der Waals surface area (Å²) < 4.78 is 27.2. The third-order valence-corrected chi connectivity index (χ3v) is 4.66. The number of nitrogens with one attached hydrogen (secondary N) is 2. The van der Waals surface area contributed by atoms with Gasteiger partial charge in [-0.1, -0.05) is 0 Å². The van der Waals surface area contributed by atoms with Gasteiger partial charge in [-0.15, -0.1) is 0 Å². The fourth-order valence-corrected chi connectivity index (χ4v) is 3.07. The van der Waals surface area contributed by atoms with E-state index in [0.29, 0.717) is 32.0 Å². The van der Waals surface area contributed by atoms with Crippen molar-refractivity contribution in [1.29, 1.82) is 0 Å². The van der Waals surface area contributed by atoms with E-state index in [1.54, 1.807) is 19.4 Å². The molecule has 8 heteroatoms. The summed E-state index contributed by atoms with van der Waals surface area (Å²) >= 11 is 0. The maximum Gasteiger partial charge on any atom is 0.282 e. The van der Waals surface area contributed by atoms with Gasteiger partial charge in [0.25, 0.3) is 10.2 Å². The molecule has 2 heterocycles. The monoisotopic (exact) mass is 259 g/mol. The Morgan fingerprint density at radius 3 is 2.76 bits per heavy atom. The third kappa shape index (κ3) is 2.83. The number of imidazole rings is 1. The molecule has 0 amide bonds. The molecule has 0 spiro atoms. The minimum atomic E-state index is -3.37. The molecule has 2 N–H and O–H groups in total. The van der Waals surface area contributed by atoms with Crippen molar-refractivity contribution in [2.75, 3.05) is 33.2 Å². The van der Waals surface area contributed by atoms with Gasteiger partial charge >= 0.3 is 0 Å². The molecule has 7 nitrogen and oxygen atoms in total. The van der Waals surface area contributed by atoms with Gasteiger partial charge in [-0.3, -0.25) is 0 Å². The molecule has 1 fully saturated rings. The lowest BCUT2D eigenvalue weighted by molar-refractivity contribution is 0.323. The van der Waals surface area contributed by atoms with Crippen LogP contribution in [0.25, 0.3) is 0 Å². The van der Waals surface area contributed by atoms with Crippen LogP contribution in [0.15, 0.2) is 12.4 Å². The highest BCUT2D eigenvalue weighted by Crippen LogP contribution is 2.09. The molecule has 1 aromatic rings. The fourth-order valence-electron chi connectivity index (χ4n) is 1.75. The van der Waals surface area contributed by atoms with Gasteiger partial charge in [-0.05, 0) is 0 Å². The van der Waals surface area contributed by atoms with Crippen molar-refractivity contribution < 1.29 is 8.42 Å². The van der Waals surface area contributed by atoms with Crippen LogP contribution < -0.4 is 5.32 Å². The highest BCUT2D eigenvalue weighted by molar-refractivity contribution is 7.86. The zero-order valence-corrected chi connectivity index (χ0v) is 10.6. The van der Waals surface area contributed by atoms with Gasteiger partial charge in [0.2, 0.25) is 0 Å². The van der Waals surface area contributed by atoms with E-state index in [1.165, 1.54) is 8.61 Å². The summed E-state index contributed by atoms with van der Waals surface area (Å²) in [6, 6.07) is 0. The molecule has 0 aromatic carbocycles. The van der Waals surface area contributed by atoms with E-state index >= 15 is 0 Å². The summed E-state index contributed by atoms with van der Waals surface area (Å²) in [6.07, 6.45) is 3.29. The van der Waals surface area contributed by atoms with Crippen LogP contribution in [0.4, 0.5) is 0 Å². The van der Waals surface area contributed by atoms with E-state index in [4.69, 9.17) is 0 Å². The Kier molecular flexibility index (Phi) is 3.77. The van der Waals surface area contributed by atoms with E-state index in [0.717, 1.165) is 0 Å². The van der Waals surface area contributed by atoms with Crippen molar-refractivity contribution in [3.63, 3.8) is 0 Å². The summed E-state index contributed by atoms with van der Waals surface area (Å²) in [5.41, 5.74) is 0. The molecule has 0 atom stereocenters. The topological polar surface area (TPSA) is 81.3 Å². The maximum absolute atomic E-state index is 12.2. The quantitative estimate of drug-likeness (QED) is 0.726. The molecule has 1 aliphatic heterocycles. The number of aromatic nitrogens is 2. The van der Waals surface area contributed by atoms with Crippen molar-refractivity contribution in [2.24, 2.45) is 0 Å². The summed E-state index contributed by atoms with van der Waals surface area (Å²) in [6.45, 7) is 2.70. The molecule has 0 saturated carbocycles. The first kappa shape index (κ1) is 12.5. The van der Waals surface area contributed by atoms with Crippen LogP contribution in [-0.4, -0.2) is 60.2 Å². The van der Waals surface area contributed by atoms with Gasteiger partial charge < -0.3 is 10.3 Å². The van der Waals surface area contributed by atoms with Crippen LogP contribution >= 0.6 is 0 Å². The van der Waals surface area contributed by atoms with Crippen molar-refractivity contribution >= 4 is 10.2 Å². The standard InChI is InChI=1S/C9H17N5O2S/c1-13(8-9-11-2-3-12-9)17(15,16)14-6-4-10-5-7-14/h2-3,10H,4-8H2,1H3,(H,11,12). The highest BCUT2D eigenvalue weighted by atomic mass is 32.2. The Labute approximate surface area is 101 Å². The summed E-state index contributed by atoms with van der Waals surface area (Å²) in [5.74, 6) is 0.645. The van der Waals surface area contributed by atoms with Crippen molar-refractivity contribution in [2.45, 2.75) is 6.54 Å². The van der Waals surface area contributed by atoms with Crippen LogP contribution in [0, 0.1) is 0 Å². The predicted octanol–water partition coefficient (Wildman–Crippen LogP) is -1.01. The molecule has 1 saturated heterocycles. The number of rotatable bonds is 4. The number of H-pyrrole nitrogens is 1. The first-order valence-corrected chi connectivity index (χ1v) is 6.91. The van der Waals surface area contributed by atoms with Gasteiger partial charge in [0.05, 0.1) is 6.54 Å². The number of nitrogens with zero attached hydrogens (tertiary/aromatic N) is 3. The van der Waals surface area contributed by atoms with E-state index in [9.17, 15) is 8.42 Å². The molecule has 0 aliphatic carbocycles. The minimum Gasteiger partial charge on any atom is -0.347 e. The zero-order chi connectivity index (χ0) is 12.3. The average Bonchev–Trinajstić information content (AvgIpc) is 2.83. The fraction of sp³-hybridized carbons (Fsp3) is 0.667. The molecule has 2 rings (SSSR count). The second kappa shape index (κ2) is 5.13. The van der Waals surface area contributed by atoms with E-state index < -0.39 is 10.2 Å². The minimum absolute atomic E-state index is 0.263. The highest BCUT2D eigenvalue weighted by Gasteiger charge is 2.28. The molecule has 0 unspecified atom stereocenters. The Morgan fingerprint density at radius 1 is 1.47 bits per heavy atom. The third-order valence-electron chi connectivity index (χ3n) is 2.72. The Hall–Kier alpha value is -0.960. The Bertz CT molecular complexity index is 438. The van der Waals surface area contributed by atoms with Crippen LogP contribution in [0.2, 0.25) is 0 Å². The lowest BCUT2D eigenvalue weighted by atomic mass is 10.4. The number of piperazine rings is 1. The Morgan fingerprint density at radius 2 is 2.18 bits per heavy atom. The number of hydrogen-bond donors (Lipinski definition) is 2. The van der Waals surface area contributed by atoms with Gasteiger partial charge in [-0.25, -0.2) is 4.98 Å². The number of hydrogen-bond acceptors (Lipinski definition) is 4. The molecule has 96 valence electrons. The van der Waals surface area contributed by atoms with Crippen molar-refractivity contribution in [1.82, 2.24) is 23.9 Å². The lowest BCUT2D eigenvalue weighted by Gasteiger charge is -2.30. The van der Waals surface area contributed by atoms with Gasteiger partial charge in [0.1, 0.15) is 5.82 Å². The first-order valence-electron chi connectivity index (χ1n) is 5.51. The van der Waals surface area contributed by atoms with Crippen LogP contribution in [-0.2, 0) is 16.8 Å². The zero-order valence-electron chi connectivity index (χ0n) is 9.76. The second-order valence-corrected chi connectivity index (χ2v) is 5.98.